The molecular formula is C26H24BrN7O. The van der Waals surface area contributed by atoms with Crippen LogP contribution in [0.4, 0.5) is 5.69 Å². The van der Waals surface area contributed by atoms with Crippen molar-refractivity contribution in [2.45, 2.75) is 6.54 Å². The first-order valence-corrected chi connectivity index (χ1v) is 12.1. The molecule has 176 valence electrons. The molecule has 1 aromatic carbocycles. The predicted octanol–water partition coefficient (Wildman–Crippen LogP) is 3.29. The van der Waals surface area contributed by atoms with Gasteiger partial charge in [0.2, 0.25) is 0 Å². The van der Waals surface area contributed by atoms with Crippen molar-refractivity contribution in [2.75, 3.05) is 38.5 Å². The first-order chi connectivity index (χ1) is 17.0. The summed E-state index contributed by atoms with van der Waals surface area (Å²) in [6.07, 6.45) is 6.52. The fourth-order valence-electron chi connectivity index (χ4n) is 3.89. The molecule has 0 radical (unpaired) electrons. The number of nitrogens with one attached hydrogen (secondary N) is 1. The zero-order valence-electron chi connectivity index (χ0n) is 19.3. The molecule has 3 aromatic heterocycles. The van der Waals surface area contributed by atoms with Gasteiger partial charge < -0.3 is 10.2 Å². The Bertz CT molecular complexity index is 1430. The molecule has 35 heavy (non-hydrogen) atoms. The highest BCUT2D eigenvalue weighted by atomic mass is 79.9. The zero-order valence-corrected chi connectivity index (χ0v) is 20.9. The molecule has 1 aliphatic rings. The predicted molar refractivity (Wildman–Crippen MR) is 138 cm³/mol. The summed E-state index contributed by atoms with van der Waals surface area (Å²) in [7, 11) is 2.15. The van der Waals surface area contributed by atoms with Crippen molar-refractivity contribution >= 4 is 33.2 Å². The number of piperazine rings is 1. The van der Waals surface area contributed by atoms with Crippen molar-refractivity contribution in [2.24, 2.45) is 0 Å². The van der Waals surface area contributed by atoms with Gasteiger partial charge in [0.25, 0.3) is 5.91 Å². The molecule has 0 unspecified atom stereocenters. The van der Waals surface area contributed by atoms with Crippen molar-refractivity contribution in [3.05, 3.63) is 88.0 Å². The van der Waals surface area contributed by atoms with Crippen LogP contribution in [0.25, 0.3) is 5.65 Å². The number of hydrogen-bond acceptors (Lipinski definition) is 6. The van der Waals surface area contributed by atoms with E-state index >= 15 is 0 Å². The molecule has 0 bridgehead atoms. The molecule has 0 atom stereocenters. The van der Waals surface area contributed by atoms with Crippen LogP contribution >= 0.6 is 15.9 Å². The summed E-state index contributed by atoms with van der Waals surface area (Å²) in [6.45, 7) is 5.16. The van der Waals surface area contributed by atoms with Crippen LogP contribution in [0.15, 0.2) is 65.7 Å². The maximum atomic E-state index is 12.9. The normalized spacial score (nSPS) is 14.5. The molecule has 0 saturated carbocycles. The number of halogens is 1. The number of benzene rings is 1. The number of imidazole rings is 1. The highest BCUT2D eigenvalue weighted by molar-refractivity contribution is 9.10. The summed E-state index contributed by atoms with van der Waals surface area (Å²) in [5.41, 5.74) is 4.38. The van der Waals surface area contributed by atoms with Crippen molar-refractivity contribution in [3.63, 3.8) is 0 Å². The van der Waals surface area contributed by atoms with Gasteiger partial charge in [0.1, 0.15) is 5.69 Å². The lowest BCUT2D eigenvalue weighted by Gasteiger charge is -2.32. The van der Waals surface area contributed by atoms with E-state index in [9.17, 15) is 4.79 Å². The van der Waals surface area contributed by atoms with Crippen LogP contribution in [0.3, 0.4) is 0 Å². The number of nitrogens with zero attached hydrogens (tertiary/aromatic N) is 6. The van der Waals surface area contributed by atoms with Gasteiger partial charge in [-0.25, -0.2) is 9.50 Å². The number of carbonyl (C=O) groups excluding carboxylic acids is 1. The molecule has 8 nitrogen and oxygen atoms in total. The Morgan fingerprint density at radius 1 is 1.09 bits per heavy atom. The monoisotopic (exact) mass is 529 g/mol. The topological polar surface area (TPSA) is 78.7 Å². The minimum Gasteiger partial charge on any atom is -0.322 e. The number of fused-ring (bicyclic) bond motifs is 1. The quantitative estimate of drug-likeness (QED) is 0.408. The van der Waals surface area contributed by atoms with Crippen molar-refractivity contribution in [3.8, 4) is 11.8 Å². The van der Waals surface area contributed by atoms with Crippen LogP contribution < -0.4 is 5.32 Å². The molecule has 4 heterocycles. The van der Waals surface area contributed by atoms with E-state index in [4.69, 9.17) is 0 Å². The molecule has 1 aliphatic heterocycles. The van der Waals surface area contributed by atoms with Crippen molar-refractivity contribution in [1.29, 1.82) is 0 Å². The average molecular weight is 530 g/mol. The Labute approximate surface area is 212 Å². The second-order valence-electron chi connectivity index (χ2n) is 8.49. The van der Waals surface area contributed by atoms with Crippen LogP contribution in [0.5, 0.6) is 0 Å². The third-order valence-corrected chi connectivity index (χ3v) is 6.65. The highest BCUT2D eigenvalue weighted by Crippen LogP contribution is 2.24. The fraction of sp³-hybridized carbons (Fsp3) is 0.231. The second kappa shape index (κ2) is 10.4. The van der Waals surface area contributed by atoms with Crippen LogP contribution in [0, 0.1) is 11.8 Å². The summed E-state index contributed by atoms with van der Waals surface area (Å²) in [6, 6.07) is 11.3. The van der Waals surface area contributed by atoms with Gasteiger partial charge in [0.05, 0.1) is 11.8 Å². The van der Waals surface area contributed by atoms with Gasteiger partial charge in [-0.2, -0.15) is 5.10 Å². The van der Waals surface area contributed by atoms with E-state index in [0.29, 0.717) is 16.8 Å². The Hall–Kier alpha value is -3.58. The highest BCUT2D eigenvalue weighted by Gasteiger charge is 2.15. The van der Waals surface area contributed by atoms with Crippen LogP contribution in [0.1, 0.15) is 27.2 Å². The first kappa shape index (κ1) is 23.2. The molecule has 1 fully saturated rings. The maximum absolute atomic E-state index is 12.9. The number of amides is 1. The number of rotatable bonds is 4. The molecule has 5 rings (SSSR count). The minimum absolute atomic E-state index is 0.240. The molecule has 0 spiro atoms. The minimum atomic E-state index is -0.240. The summed E-state index contributed by atoms with van der Waals surface area (Å²) in [5, 5.41) is 7.21. The molecule has 1 N–H and O–H groups in total. The van der Waals surface area contributed by atoms with E-state index < -0.39 is 0 Å². The lowest BCUT2D eigenvalue weighted by atomic mass is 10.1. The van der Waals surface area contributed by atoms with Gasteiger partial charge in [-0.15, -0.1) is 0 Å². The standard InChI is InChI=1S/C26H24BrN7O/c1-32-9-11-33(12-10-32)18-20-5-6-22(14-24(20)27)31-26(35)21-13-19(15-28-16-21)4-7-23-17-29-25-3-2-8-30-34(23)25/h2-3,5-6,8,13-17H,9-12,18H2,1H3,(H,31,35). The van der Waals surface area contributed by atoms with Crippen molar-refractivity contribution in [1.82, 2.24) is 29.4 Å². The summed E-state index contributed by atoms with van der Waals surface area (Å²) >= 11 is 3.67. The molecule has 1 amide bonds. The van der Waals surface area contributed by atoms with E-state index in [1.165, 1.54) is 11.8 Å². The third kappa shape index (κ3) is 5.57. The van der Waals surface area contributed by atoms with Crippen LogP contribution in [-0.2, 0) is 6.54 Å². The second-order valence-corrected chi connectivity index (χ2v) is 9.34. The van der Waals surface area contributed by atoms with E-state index in [1.54, 1.807) is 29.2 Å². The summed E-state index contributed by atoms with van der Waals surface area (Å²) in [4.78, 5) is 26.1. The third-order valence-electron chi connectivity index (χ3n) is 5.91. The van der Waals surface area contributed by atoms with E-state index in [1.807, 2.05) is 24.3 Å². The SMILES string of the molecule is CN1CCN(Cc2ccc(NC(=O)c3cncc(C#Cc4cnc5cccnn45)c3)cc2Br)CC1. The number of carbonyl (C=O) groups is 1. The summed E-state index contributed by atoms with van der Waals surface area (Å²) < 4.78 is 2.65. The zero-order chi connectivity index (χ0) is 24.2. The number of hydrogen-bond donors (Lipinski definition) is 1. The summed E-state index contributed by atoms with van der Waals surface area (Å²) in [5.74, 6) is 5.86. The number of anilines is 1. The van der Waals surface area contributed by atoms with Gasteiger partial charge in [-0.1, -0.05) is 27.9 Å². The Kier molecular flexibility index (Phi) is 6.86. The molecule has 0 aliphatic carbocycles. The van der Waals surface area contributed by atoms with Gasteiger partial charge in [0, 0.05) is 67.0 Å². The molecular weight excluding hydrogens is 506 g/mol. The van der Waals surface area contributed by atoms with Gasteiger partial charge >= 0.3 is 0 Å². The average Bonchev–Trinajstić information content (AvgIpc) is 3.29. The molecule has 1 saturated heterocycles. The number of likely N-dealkylation sites (N-methyl/N-ethyl adjacent to an activating group) is 1. The van der Waals surface area contributed by atoms with Gasteiger partial charge in [-0.3, -0.25) is 14.7 Å². The number of aromatic nitrogens is 4. The van der Waals surface area contributed by atoms with Crippen LogP contribution in [-0.4, -0.2) is 68.5 Å². The van der Waals surface area contributed by atoms with E-state index in [0.717, 1.165) is 48.5 Å². The largest absolute Gasteiger partial charge is 0.322 e. The molecule has 9 heteroatoms. The Balaban J connectivity index is 1.26. The Morgan fingerprint density at radius 2 is 1.94 bits per heavy atom. The lowest BCUT2D eigenvalue weighted by molar-refractivity contribution is 0.102. The lowest BCUT2D eigenvalue weighted by Crippen LogP contribution is -2.43. The number of pyridine rings is 1. The van der Waals surface area contributed by atoms with E-state index in [2.05, 4.69) is 71.1 Å². The van der Waals surface area contributed by atoms with Crippen molar-refractivity contribution < 1.29 is 4.79 Å². The fourth-order valence-corrected chi connectivity index (χ4v) is 4.39. The smallest absolute Gasteiger partial charge is 0.257 e. The van der Waals surface area contributed by atoms with E-state index in [-0.39, 0.29) is 5.91 Å². The molecule has 4 aromatic rings. The first-order valence-electron chi connectivity index (χ1n) is 11.3. The maximum Gasteiger partial charge on any atom is 0.257 e. The van der Waals surface area contributed by atoms with Gasteiger partial charge in [-0.05, 0) is 48.9 Å². The Morgan fingerprint density at radius 3 is 2.77 bits per heavy atom. The van der Waals surface area contributed by atoms with Gasteiger partial charge in [0.15, 0.2) is 5.65 Å². The van der Waals surface area contributed by atoms with Crippen LogP contribution in [0.2, 0.25) is 0 Å².